The van der Waals surface area contributed by atoms with Gasteiger partial charge in [0.2, 0.25) is 0 Å². The SMILES string of the molecule is Cc1ccsc1CNC1CCCCCC1C#N. The summed E-state index contributed by atoms with van der Waals surface area (Å²) in [5.41, 5.74) is 1.37. The summed E-state index contributed by atoms with van der Waals surface area (Å²) in [6.45, 7) is 3.08. The van der Waals surface area contributed by atoms with Gasteiger partial charge >= 0.3 is 0 Å². The number of nitrogens with zero attached hydrogens (tertiary/aromatic N) is 1. The number of hydrogen-bond donors (Lipinski definition) is 1. The average Bonchev–Trinajstić information content (AvgIpc) is 2.63. The zero-order chi connectivity index (χ0) is 12.1. The normalized spacial score (nSPS) is 25.2. The van der Waals surface area contributed by atoms with Gasteiger partial charge in [-0.15, -0.1) is 11.3 Å². The summed E-state index contributed by atoms with van der Waals surface area (Å²) < 4.78 is 0. The lowest BCUT2D eigenvalue weighted by molar-refractivity contribution is 0.394. The molecular formula is C14H20N2S. The Morgan fingerprint density at radius 1 is 1.41 bits per heavy atom. The summed E-state index contributed by atoms with van der Waals surface area (Å²) in [4.78, 5) is 1.41. The lowest BCUT2D eigenvalue weighted by Gasteiger charge is -2.20. The Bertz CT molecular complexity index is 391. The molecule has 2 unspecified atom stereocenters. The zero-order valence-corrected chi connectivity index (χ0v) is 11.2. The molecule has 1 saturated carbocycles. The van der Waals surface area contributed by atoms with Crippen LogP contribution < -0.4 is 5.32 Å². The first-order valence-electron chi connectivity index (χ1n) is 6.47. The zero-order valence-electron chi connectivity index (χ0n) is 10.4. The molecule has 1 fully saturated rings. The van der Waals surface area contributed by atoms with E-state index in [1.54, 1.807) is 11.3 Å². The smallest absolute Gasteiger partial charge is 0.0672 e. The van der Waals surface area contributed by atoms with Crippen LogP contribution >= 0.6 is 11.3 Å². The summed E-state index contributed by atoms with van der Waals surface area (Å²) >= 11 is 1.81. The Hall–Kier alpha value is -0.850. The van der Waals surface area contributed by atoms with Gasteiger partial charge in [0.25, 0.3) is 0 Å². The Labute approximate surface area is 108 Å². The standard InChI is InChI=1S/C14H20N2S/c1-11-7-8-17-14(11)10-16-13-6-4-2-3-5-12(13)9-15/h7-8,12-13,16H,2-6,10H2,1H3. The van der Waals surface area contributed by atoms with Crippen molar-refractivity contribution in [3.05, 3.63) is 21.9 Å². The van der Waals surface area contributed by atoms with Gasteiger partial charge in [-0.05, 0) is 36.8 Å². The van der Waals surface area contributed by atoms with E-state index in [2.05, 4.69) is 29.8 Å². The predicted molar refractivity (Wildman–Crippen MR) is 71.9 cm³/mol. The Morgan fingerprint density at radius 3 is 2.94 bits per heavy atom. The minimum atomic E-state index is 0.206. The van der Waals surface area contributed by atoms with Crippen LogP contribution in [0.1, 0.15) is 42.5 Å². The van der Waals surface area contributed by atoms with Crippen LogP contribution in [0.4, 0.5) is 0 Å². The van der Waals surface area contributed by atoms with Crippen LogP contribution in [-0.4, -0.2) is 6.04 Å². The molecule has 0 spiro atoms. The van der Waals surface area contributed by atoms with Crippen LogP contribution in [0.2, 0.25) is 0 Å². The van der Waals surface area contributed by atoms with Crippen molar-refractivity contribution in [2.24, 2.45) is 5.92 Å². The van der Waals surface area contributed by atoms with Gasteiger partial charge < -0.3 is 5.32 Å². The molecule has 1 aliphatic carbocycles. The van der Waals surface area contributed by atoms with Crippen LogP contribution in [0.3, 0.4) is 0 Å². The highest BCUT2D eigenvalue weighted by atomic mass is 32.1. The third kappa shape index (κ3) is 3.31. The summed E-state index contributed by atoms with van der Waals surface area (Å²) in [6.07, 6.45) is 5.99. The molecule has 92 valence electrons. The Kier molecular flexibility index (Phi) is 4.58. The van der Waals surface area contributed by atoms with Gasteiger partial charge in [-0.2, -0.15) is 5.26 Å². The molecule has 0 aliphatic heterocycles. The quantitative estimate of drug-likeness (QED) is 0.829. The van der Waals surface area contributed by atoms with Crippen LogP contribution in [0, 0.1) is 24.2 Å². The van der Waals surface area contributed by atoms with Gasteiger partial charge in [0.15, 0.2) is 0 Å². The Morgan fingerprint density at radius 2 is 2.24 bits per heavy atom. The van der Waals surface area contributed by atoms with Crippen LogP contribution in [-0.2, 0) is 6.54 Å². The molecule has 1 aliphatic rings. The number of aryl methyl sites for hydroxylation is 1. The molecule has 2 rings (SSSR count). The molecule has 0 radical (unpaired) electrons. The van der Waals surface area contributed by atoms with E-state index in [-0.39, 0.29) is 5.92 Å². The minimum Gasteiger partial charge on any atom is -0.308 e. The third-order valence-electron chi connectivity index (χ3n) is 3.67. The topological polar surface area (TPSA) is 35.8 Å². The van der Waals surface area contributed by atoms with Crippen molar-refractivity contribution in [2.75, 3.05) is 0 Å². The summed E-state index contributed by atoms with van der Waals surface area (Å²) in [7, 11) is 0. The summed E-state index contributed by atoms with van der Waals surface area (Å²) in [5, 5.41) is 14.9. The highest BCUT2D eigenvalue weighted by Gasteiger charge is 2.22. The van der Waals surface area contributed by atoms with Crippen molar-refractivity contribution in [3.8, 4) is 6.07 Å². The lowest BCUT2D eigenvalue weighted by atomic mass is 9.96. The molecule has 2 nitrogen and oxygen atoms in total. The number of nitriles is 1. The molecule has 3 heteroatoms. The predicted octanol–water partition coefficient (Wildman–Crippen LogP) is 3.62. The molecule has 2 atom stereocenters. The van der Waals surface area contributed by atoms with Gasteiger partial charge in [-0.25, -0.2) is 0 Å². The van der Waals surface area contributed by atoms with E-state index < -0.39 is 0 Å². The van der Waals surface area contributed by atoms with Gasteiger partial charge in [0, 0.05) is 17.5 Å². The second-order valence-electron chi connectivity index (χ2n) is 4.89. The maximum absolute atomic E-state index is 9.21. The average molecular weight is 248 g/mol. The number of rotatable bonds is 3. The highest BCUT2D eigenvalue weighted by molar-refractivity contribution is 7.10. The summed E-state index contributed by atoms with van der Waals surface area (Å²) in [5.74, 6) is 0.206. The van der Waals surface area contributed by atoms with E-state index in [0.717, 1.165) is 19.4 Å². The maximum atomic E-state index is 9.21. The first-order chi connectivity index (χ1) is 8.31. The van der Waals surface area contributed by atoms with Crippen molar-refractivity contribution >= 4 is 11.3 Å². The van der Waals surface area contributed by atoms with Crippen molar-refractivity contribution in [1.82, 2.24) is 5.32 Å². The van der Waals surface area contributed by atoms with Crippen LogP contribution in [0.25, 0.3) is 0 Å². The molecule has 1 aromatic rings. The number of thiophene rings is 1. The van der Waals surface area contributed by atoms with Gasteiger partial charge in [0.05, 0.1) is 12.0 Å². The fourth-order valence-electron chi connectivity index (χ4n) is 2.52. The van der Waals surface area contributed by atoms with Crippen molar-refractivity contribution in [3.63, 3.8) is 0 Å². The highest BCUT2D eigenvalue weighted by Crippen LogP contribution is 2.24. The monoisotopic (exact) mass is 248 g/mol. The van der Waals surface area contributed by atoms with E-state index in [9.17, 15) is 5.26 Å². The number of nitrogens with one attached hydrogen (secondary N) is 1. The second-order valence-corrected chi connectivity index (χ2v) is 5.89. The largest absolute Gasteiger partial charge is 0.308 e. The third-order valence-corrected chi connectivity index (χ3v) is 4.70. The molecule has 1 aromatic heterocycles. The Balaban J connectivity index is 1.92. The van der Waals surface area contributed by atoms with E-state index in [4.69, 9.17) is 0 Å². The molecule has 17 heavy (non-hydrogen) atoms. The number of hydrogen-bond acceptors (Lipinski definition) is 3. The van der Waals surface area contributed by atoms with E-state index in [1.807, 2.05) is 0 Å². The summed E-state index contributed by atoms with van der Waals surface area (Å²) in [6, 6.07) is 5.04. The van der Waals surface area contributed by atoms with E-state index in [1.165, 1.54) is 29.7 Å². The molecule has 0 bridgehead atoms. The second kappa shape index (κ2) is 6.18. The molecule has 0 saturated heterocycles. The van der Waals surface area contributed by atoms with E-state index >= 15 is 0 Å². The van der Waals surface area contributed by atoms with Gasteiger partial charge in [-0.3, -0.25) is 0 Å². The lowest BCUT2D eigenvalue weighted by Crippen LogP contribution is -2.34. The molecule has 0 aromatic carbocycles. The van der Waals surface area contributed by atoms with Crippen molar-refractivity contribution in [1.29, 1.82) is 5.26 Å². The van der Waals surface area contributed by atoms with Crippen molar-refractivity contribution in [2.45, 2.75) is 51.6 Å². The van der Waals surface area contributed by atoms with Gasteiger partial charge in [0.1, 0.15) is 0 Å². The maximum Gasteiger partial charge on any atom is 0.0672 e. The van der Waals surface area contributed by atoms with Crippen LogP contribution in [0.5, 0.6) is 0 Å². The molecular weight excluding hydrogens is 228 g/mol. The first-order valence-corrected chi connectivity index (χ1v) is 7.35. The molecule has 0 amide bonds. The fourth-order valence-corrected chi connectivity index (χ4v) is 3.37. The van der Waals surface area contributed by atoms with Crippen LogP contribution in [0.15, 0.2) is 11.4 Å². The minimum absolute atomic E-state index is 0.206. The van der Waals surface area contributed by atoms with Gasteiger partial charge in [-0.1, -0.05) is 19.3 Å². The first kappa shape index (κ1) is 12.6. The molecule has 1 N–H and O–H groups in total. The van der Waals surface area contributed by atoms with E-state index in [0.29, 0.717) is 6.04 Å². The fraction of sp³-hybridized carbons (Fsp3) is 0.643. The van der Waals surface area contributed by atoms with Crippen molar-refractivity contribution < 1.29 is 0 Å². The molecule has 1 heterocycles.